The number of hydrogen-bond acceptors (Lipinski definition) is 6. The normalized spacial score (nSPS) is 10.7. The molecule has 0 saturated heterocycles. The Balaban J connectivity index is 2.21. The number of ether oxygens (including phenoxy) is 1. The van der Waals surface area contributed by atoms with Crippen molar-refractivity contribution in [3.8, 4) is 5.75 Å². The highest BCUT2D eigenvalue weighted by atomic mass is 16.5. The molecule has 0 unspecified atom stereocenters. The SMILES string of the molecule is COc1ccc2c(C)c(CCC(=O)NCCC(=O)[O-])c(=O)oc2c1C. The van der Waals surface area contributed by atoms with E-state index in [4.69, 9.17) is 9.15 Å². The van der Waals surface area contributed by atoms with Crippen LogP contribution in [-0.2, 0) is 16.0 Å². The molecule has 0 aliphatic rings. The summed E-state index contributed by atoms with van der Waals surface area (Å²) in [5.41, 5.74) is 1.94. The van der Waals surface area contributed by atoms with E-state index in [9.17, 15) is 19.5 Å². The molecule has 1 N–H and O–H groups in total. The van der Waals surface area contributed by atoms with Crippen LogP contribution < -0.4 is 20.8 Å². The average Bonchev–Trinajstić information content (AvgIpc) is 2.55. The quantitative estimate of drug-likeness (QED) is 0.736. The Morgan fingerprint density at radius 1 is 1.20 bits per heavy atom. The lowest BCUT2D eigenvalue weighted by atomic mass is 10.0. The van der Waals surface area contributed by atoms with Gasteiger partial charge in [-0.2, -0.15) is 0 Å². The Morgan fingerprint density at radius 2 is 1.92 bits per heavy atom. The van der Waals surface area contributed by atoms with Crippen molar-refractivity contribution in [2.75, 3.05) is 13.7 Å². The van der Waals surface area contributed by atoms with Gasteiger partial charge in [-0.25, -0.2) is 4.79 Å². The van der Waals surface area contributed by atoms with Crippen LogP contribution in [0.2, 0.25) is 0 Å². The fourth-order valence-electron chi connectivity index (χ4n) is 2.71. The van der Waals surface area contributed by atoms with Crippen molar-refractivity contribution < 1.29 is 23.8 Å². The summed E-state index contributed by atoms with van der Waals surface area (Å²) in [5, 5.41) is 13.6. The molecule has 0 bridgehead atoms. The third-order valence-electron chi connectivity index (χ3n) is 4.13. The predicted molar refractivity (Wildman–Crippen MR) is 89.5 cm³/mol. The minimum Gasteiger partial charge on any atom is -0.550 e. The van der Waals surface area contributed by atoms with Gasteiger partial charge in [-0.1, -0.05) is 0 Å². The summed E-state index contributed by atoms with van der Waals surface area (Å²) in [6.07, 6.45) is 0.0373. The number of hydrogen-bond donors (Lipinski definition) is 1. The number of carbonyl (C=O) groups excluding carboxylic acids is 2. The highest BCUT2D eigenvalue weighted by molar-refractivity contribution is 5.85. The van der Waals surface area contributed by atoms with E-state index in [1.54, 1.807) is 13.2 Å². The molecule has 2 rings (SSSR count). The highest BCUT2D eigenvalue weighted by Gasteiger charge is 2.15. The maximum Gasteiger partial charge on any atom is 0.339 e. The Morgan fingerprint density at radius 3 is 2.56 bits per heavy atom. The molecule has 0 spiro atoms. The van der Waals surface area contributed by atoms with Crippen molar-refractivity contribution >= 4 is 22.8 Å². The molecule has 1 amide bonds. The van der Waals surface area contributed by atoms with Crippen molar-refractivity contribution in [1.82, 2.24) is 5.32 Å². The standard InChI is InChI=1S/C18H21NO6/c1-10-12-4-6-14(24-3)11(2)17(12)25-18(23)13(10)5-7-15(20)19-9-8-16(21)22/h4,6H,5,7-9H2,1-3H3,(H,19,20)(H,21,22)/p-1. The topological polar surface area (TPSA) is 109 Å². The monoisotopic (exact) mass is 346 g/mol. The molecule has 0 radical (unpaired) electrons. The Labute approximate surface area is 144 Å². The zero-order valence-electron chi connectivity index (χ0n) is 14.4. The first kappa shape index (κ1) is 18.5. The third kappa shape index (κ3) is 4.17. The van der Waals surface area contributed by atoms with E-state index in [0.717, 1.165) is 16.5 Å². The van der Waals surface area contributed by atoms with E-state index in [-0.39, 0.29) is 31.7 Å². The zero-order valence-corrected chi connectivity index (χ0v) is 14.4. The molecule has 0 saturated carbocycles. The maximum atomic E-state index is 12.3. The first-order valence-electron chi connectivity index (χ1n) is 7.91. The van der Waals surface area contributed by atoms with Crippen LogP contribution in [0.15, 0.2) is 21.3 Å². The van der Waals surface area contributed by atoms with Gasteiger partial charge in [0.1, 0.15) is 11.3 Å². The number of methoxy groups -OCH3 is 1. The molecule has 134 valence electrons. The van der Waals surface area contributed by atoms with Crippen LogP contribution in [0.25, 0.3) is 11.0 Å². The predicted octanol–water partition coefficient (Wildman–Crippen LogP) is 0.607. The molecular formula is C18H20NO6-. The molecule has 0 atom stereocenters. The minimum atomic E-state index is -1.22. The molecule has 0 aliphatic heterocycles. The van der Waals surface area contributed by atoms with Gasteiger partial charge in [0.2, 0.25) is 5.91 Å². The van der Waals surface area contributed by atoms with Gasteiger partial charge in [0.15, 0.2) is 0 Å². The summed E-state index contributed by atoms with van der Waals surface area (Å²) < 4.78 is 10.7. The Kier molecular flexibility index (Phi) is 5.80. The first-order chi connectivity index (χ1) is 11.8. The first-order valence-corrected chi connectivity index (χ1v) is 7.91. The van der Waals surface area contributed by atoms with Crippen LogP contribution in [-0.4, -0.2) is 25.5 Å². The smallest absolute Gasteiger partial charge is 0.339 e. The number of nitrogens with one attached hydrogen (secondary N) is 1. The van der Waals surface area contributed by atoms with Crippen LogP contribution in [0, 0.1) is 13.8 Å². The van der Waals surface area contributed by atoms with E-state index < -0.39 is 11.6 Å². The molecule has 1 heterocycles. The number of aliphatic carboxylic acids is 1. The van der Waals surface area contributed by atoms with Gasteiger partial charge in [0.25, 0.3) is 0 Å². The summed E-state index contributed by atoms with van der Waals surface area (Å²) in [6.45, 7) is 3.63. The van der Waals surface area contributed by atoms with Gasteiger partial charge in [-0.05, 0) is 38.0 Å². The summed E-state index contributed by atoms with van der Waals surface area (Å²) in [5.74, 6) is -0.918. The molecule has 2 aromatic rings. The molecule has 7 heteroatoms. The largest absolute Gasteiger partial charge is 0.550 e. The second-order valence-electron chi connectivity index (χ2n) is 5.73. The number of amides is 1. The highest BCUT2D eigenvalue weighted by Crippen LogP contribution is 2.29. The number of carbonyl (C=O) groups is 2. The number of carboxylic acids is 1. The number of aryl methyl sites for hydroxylation is 2. The summed E-state index contributed by atoms with van der Waals surface area (Å²) in [6, 6.07) is 3.63. The number of fused-ring (bicyclic) bond motifs is 1. The summed E-state index contributed by atoms with van der Waals surface area (Å²) in [7, 11) is 1.55. The fourth-order valence-corrected chi connectivity index (χ4v) is 2.71. The van der Waals surface area contributed by atoms with E-state index in [1.807, 2.05) is 19.9 Å². The van der Waals surface area contributed by atoms with Crippen molar-refractivity contribution in [1.29, 1.82) is 0 Å². The van der Waals surface area contributed by atoms with Crippen LogP contribution in [0.4, 0.5) is 0 Å². The van der Waals surface area contributed by atoms with E-state index in [2.05, 4.69) is 5.32 Å². The minimum absolute atomic E-state index is 0.00542. The molecule has 0 fully saturated rings. The number of carboxylic acid groups (broad SMARTS) is 1. The van der Waals surface area contributed by atoms with Gasteiger partial charge in [-0.15, -0.1) is 0 Å². The van der Waals surface area contributed by atoms with Crippen molar-refractivity contribution in [2.45, 2.75) is 33.1 Å². The average molecular weight is 346 g/mol. The van der Waals surface area contributed by atoms with E-state index in [1.165, 1.54) is 0 Å². The van der Waals surface area contributed by atoms with Crippen molar-refractivity contribution in [2.24, 2.45) is 0 Å². The number of rotatable bonds is 7. The molecule has 7 nitrogen and oxygen atoms in total. The van der Waals surface area contributed by atoms with Gasteiger partial charge in [-0.3, -0.25) is 4.79 Å². The van der Waals surface area contributed by atoms with Gasteiger partial charge in [0.05, 0.1) is 7.11 Å². The molecule has 25 heavy (non-hydrogen) atoms. The maximum absolute atomic E-state index is 12.3. The molecule has 1 aromatic heterocycles. The van der Waals surface area contributed by atoms with E-state index >= 15 is 0 Å². The van der Waals surface area contributed by atoms with Crippen molar-refractivity contribution in [3.05, 3.63) is 39.2 Å². The van der Waals surface area contributed by atoms with Gasteiger partial charge < -0.3 is 24.4 Å². The van der Waals surface area contributed by atoms with Gasteiger partial charge in [0, 0.05) is 41.9 Å². The lowest BCUT2D eigenvalue weighted by Crippen LogP contribution is -2.31. The van der Waals surface area contributed by atoms with Crippen molar-refractivity contribution in [3.63, 3.8) is 0 Å². The fraction of sp³-hybridized carbons (Fsp3) is 0.389. The van der Waals surface area contributed by atoms with Crippen LogP contribution in [0.1, 0.15) is 29.5 Å². The second-order valence-corrected chi connectivity index (χ2v) is 5.73. The third-order valence-corrected chi connectivity index (χ3v) is 4.13. The second kappa shape index (κ2) is 7.83. The van der Waals surface area contributed by atoms with Crippen LogP contribution in [0.5, 0.6) is 5.75 Å². The van der Waals surface area contributed by atoms with Crippen LogP contribution >= 0.6 is 0 Å². The molecular weight excluding hydrogens is 326 g/mol. The number of benzene rings is 1. The Bertz CT molecular complexity index is 868. The lowest BCUT2D eigenvalue weighted by molar-refractivity contribution is -0.305. The zero-order chi connectivity index (χ0) is 18.6. The van der Waals surface area contributed by atoms with Gasteiger partial charge >= 0.3 is 5.63 Å². The van der Waals surface area contributed by atoms with E-state index in [0.29, 0.717) is 16.9 Å². The summed E-state index contributed by atoms with van der Waals surface area (Å²) in [4.78, 5) is 34.4. The van der Waals surface area contributed by atoms with Crippen LogP contribution in [0.3, 0.4) is 0 Å². The molecule has 1 aromatic carbocycles. The molecule has 0 aliphatic carbocycles. The lowest BCUT2D eigenvalue weighted by Gasteiger charge is -2.11. The Hall–Kier alpha value is -2.83. The summed E-state index contributed by atoms with van der Waals surface area (Å²) >= 11 is 0.